The first-order valence-electron chi connectivity index (χ1n) is 8.97. The van der Waals surface area contributed by atoms with Crippen molar-refractivity contribution in [1.82, 2.24) is 10.2 Å². The maximum absolute atomic E-state index is 10.9. The van der Waals surface area contributed by atoms with Crippen molar-refractivity contribution in [3.63, 3.8) is 0 Å². The number of aromatic carboxylic acids is 1. The van der Waals surface area contributed by atoms with Crippen LogP contribution in [-0.4, -0.2) is 35.6 Å². The van der Waals surface area contributed by atoms with Crippen LogP contribution in [0.5, 0.6) is 0 Å². The topological polar surface area (TPSA) is 52.6 Å². The van der Waals surface area contributed by atoms with Crippen LogP contribution in [0.4, 0.5) is 0 Å². The third kappa shape index (κ3) is 4.68. The predicted octanol–water partition coefficient (Wildman–Crippen LogP) is 3.62. The number of hydrogen-bond acceptors (Lipinski definition) is 3. The maximum atomic E-state index is 10.9. The van der Waals surface area contributed by atoms with Gasteiger partial charge >= 0.3 is 5.97 Å². The third-order valence-electron chi connectivity index (χ3n) is 4.91. The van der Waals surface area contributed by atoms with Crippen molar-refractivity contribution in [3.05, 3.63) is 70.8 Å². The van der Waals surface area contributed by atoms with Crippen molar-refractivity contribution in [2.75, 3.05) is 19.6 Å². The van der Waals surface area contributed by atoms with E-state index in [0.29, 0.717) is 11.6 Å². The molecular formula is C21H26N2O2. The summed E-state index contributed by atoms with van der Waals surface area (Å²) in [4.78, 5) is 13.5. The Balaban J connectivity index is 1.62. The highest BCUT2D eigenvalue weighted by Crippen LogP contribution is 2.25. The molecule has 0 amide bonds. The maximum Gasteiger partial charge on any atom is 0.335 e. The molecule has 0 saturated carbocycles. The van der Waals surface area contributed by atoms with Gasteiger partial charge in [0.05, 0.1) is 5.56 Å². The second-order valence-corrected chi connectivity index (χ2v) is 6.80. The zero-order valence-corrected chi connectivity index (χ0v) is 14.7. The fourth-order valence-corrected chi connectivity index (χ4v) is 3.42. The molecule has 1 atom stereocenters. The molecule has 3 rings (SSSR count). The average Bonchev–Trinajstić information content (AvgIpc) is 3.14. The SMILES string of the molecule is Cc1ccc(C(CNCc2ccc(C(=O)O)cc2)N2CCCC2)cc1. The summed E-state index contributed by atoms with van der Waals surface area (Å²) in [6, 6.07) is 16.3. The lowest BCUT2D eigenvalue weighted by atomic mass is 10.0. The van der Waals surface area contributed by atoms with E-state index in [1.54, 1.807) is 12.1 Å². The Morgan fingerprint density at radius 1 is 1.08 bits per heavy atom. The molecule has 0 aliphatic carbocycles. The summed E-state index contributed by atoms with van der Waals surface area (Å²) in [6.45, 7) is 6.08. The number of carbonyl (C=O) groups is 1. The number of hydrogen-bond donors (Lipinski definition) is 2. The predicted molar refractivity (Wildman–Crippen MR) is 99.8 cm³/mol. The van der Waals surface area contributed by atoms with Crippen molar-refractivity contribution in [3.8, 4) is 0 Å². The van der Waals surface area contributed by atoms with E-state index in [-0.39, 0.29) is 0 Å². The molecule has 2 aromatic rings. The Kier molecular flexibility index (Phi) is 5.84. The van der Waals surface area contributed by atoms with Crippen LogP contribution in [-0.2, 0) is 6.54 Å². The van der Waals surface area contributed by atoms with Gasteiger partial charge in [0.25, 0.3) is 0 Å². The van der Waals surface area contributed by atoms with Gasteiger partial charge in [0, 0.05) is 19.1 Å². The number of nitrogens with one attached hydrogen (secondary N) is 1. The standard InChI is InChI=1S/C21H26N2O2/c1-16-4-8-18(9-5-16)20(23-12-2-3-13-23)15-22-14-17-6-10-19(11-7-17)21(24)25/h4-11,20,22H,2-3,12-15H2,1H3,(H,24,25). The van der Waals surface area contributed by atoms with Crippen LogP contribution in [0, 0.1) is 6.92 Å². The van der Waals surface area contributed by atoms with Crippen LogP contribution in [0.25, 0.3) is 0 Å². The van der Waals surface area contributed by atoms with Gasteiger partial charge in [-0.3, -0.25) is 4.90 Å². The van der Waals surface area contributed by atoms with Gasteiger partial charge in [-0.05, 0) is 56.1 Å². The molecule has 0 spiro atoms. The van der Waals surface area contributed by atoms with Gasteiger partial charge < -0.3 is 10.4 Å². The summed E-state index contributed by atoms with van der Waals surface area (Å²) >= 11 is 0. The van der Waals surface area contributed by atoms with Gasteiger partial charge in [0.1, 0.15) is 0 Å². The molecule has 2 N–H and O–H groups in total. The van der Waals surface area contributed by atoms with Gasteiger partial charge in [0.2, 0.25) is 0 Å². The smallest absolute Gasteiger partial charge is 0.335 e. The summed E-state index contributed by atoms with van der Waals surface area (Å²) in [5, 5.41) is 12.5. The lowest BCUT2D eigenvalue weighted by molar-refractivity contribution is 0.0697. The Morgan fingerprint density at radius 2 is 1.72 bits per heavy atom. The number of aryl methyl sites for hydroxylation is 1. The third-order valence-corrected chi connectivity index (χ3v) is 4.91. The van der Waals surface area contributed by atoms with Gasteiger partial charge in [-0.15, -0.1) is 0 Å². The van der Waals surface area contributed by atoms with Crippen molar-refractivity contribution < 1.29 is 9.90 Å². The van der Waals surface area contributed by atoms with Crippen LogP contribution >= 0.6 is 0 Å². The van der Waals surface area contributed by atoms with Gasteiger partial charge in [-0.1, -0.05) is 42.0 Å². The Hall–Kier alpha value is -2.17. The monoisotopic (exact) mass is 338 g/mol. The molecule has 25 heavy (non-hydrogen) atoms. The summed E-state index contributed by atoms with van der Waals surface area (Å²) in [6.07, 6.45) is 2.55. The van der Waals surface area contributed by atoms with E-state index < -0.39 is 5.97 Å². The number of carboxylic acids is 1. The minimum atomic E-state index is -0.882. The number of nitrogens with zero attached hydrogens (tertiary/aromatic N) is 1. The molecule has 132 valence electrons. The molecule has 1 fully saturated rings. The van der Waals surface area contributed by atoms with E-state index in [9.17, 15) is 4.79 Å². The van der Waals surface area contributed by atoms with Crippen LogP contribution < -0.4 is 5.32 Å². The van der Waals surface area contributed by atoms with E-state index in [2.05, 4.69) is 41.4 Å². The number of likely N-dealkylation sites (tertiary alicyclic amines) is 1. The summed E-state index contributed by atoms with van der Waals surface area (Å²) in [7, 11) is 0. The molecule has 4 heteroatoms. The second-order valence-electron chi connectivity index (χ2n) is 6.80. The van der Waals surface area contributed by atoms with Crippen LogP contribution in [0.15, 0.2) is 48.5 Å². The first-order chi connectivity index (χ1) is 12.1. The summed E-state index contributed by atoms with van der Waals surface area (Å²) < 4.78 is 0. The Bertz CT molecular complexity index is 689. The molecule has 0 radical (unpaired) electrons. The number of rotatable bonds is 7. The fourth-order valence-electron chi connectivity index (χ4n) is 3.42. The van der Waals surface area contributed by atoms with Crippen molar-refractivity contribution >= 4 is 5.97 Å². The fraction of sp³-hybridized carbons (Fsp3) is 0.381. The highest BCUT2D eigenvalue weighted by atomic mass is 16.4. The number of benzene rings is 2. The van der Waals surface area contributed by atoms with Gasteiger partial charge in [0.15, 0.2) is 0 Å². The molecule has 0 bridgehead atoms. The van der Waals surface area contributed by atoms with Crippen LogP contribution in [0.1, 0.15) is 45.9 Å². The average molecular weight is 338 g/mol. The van der Waals surface area contributed by atoms with Crippen LogP contribution in [0.2, 0.25) is 0 Å². The first-order valence-corrected chi connectivity index (χ1v) is 8.97. The summed E-state index contributed by atoms with van der Waals surface area (Å²) in [5.41, 5.74) is 4.09. The Morgan fingerprint density at radius 3 is 2.32 bits per heavy atom. The van der Waals surface area contributed by atoms with E-state index in [1.807, 2.05) is 12.1 Å². The zero-order chi connectivity index (χ0) is 17.6. The van der Waals surface area contributed by atoms with Crippen molar-refractivity contribution in [1.29, 1.82) is 0 Å². The number of carboxylic acid groups (broad SMARTS) is 1. The minimum Gasteiger partial charge on any atom is -0.478 e. The van der Waals surface area contributed by atoms with E-state index >= 15 is 0 Å². The normalized spacial score (nSPS) is 16.0. The van der Waals surface area contributed by atoms with Gasteiger partial charge in [-0.25, -0.2) is 4.79 Å². The Labute approximate surface area is 149 Å². The molecule has 1 heterocycles. The summed E-state index contributed by atoms with van der Waals surface area (Å²) in [5.74, 6) is -0.882. The molecular weight excluding hydrogens is 312 g/mol. The lowest BCUT2D eigenvalue weighted by Gasteiger charge is -2.28. The minimum absolute atomic E-state index is 0.332. The first kappa shape index (κ1) is 17.6. The lowest BCUT2D eigenvalue weighted by Crippen LogP contribution is -2.34. The second kappa shape index (κ2) is 8.28. The van der Waals surface area contributed by atoms with Gasteiger partial charge in [-0.2, -0.15) is 0 Å². The highest BCUT2D eigenvalue weighted by Gasteiger charge is 2.23. The molecule has 1 aliphatic heterocycles. The van der Waals surface area contributed by atoms with E-state index in [4.69, 9.17) is 5.11 Å². The van der Waals surface area contributed by atoms with E-state index in [1.165, 1.54) is 24.0 Å². The molecule has 1 unspecified atom stereocenters. The molecule has 2 aromatic carbocycles. The van der Waals surface area contributed by atoms with Crippen molar-refractivity contribution in [2.24, 2.45) is 0 Å². The van der Waals surface area contributed by atoms with Crippen LogP contribution in [0.3, 0.4) is 0 Å². The highest BCUT2D eigenvalue weighted by molar-refractivity contribution is 5.87. The quantitative estimate of drug-likeness (QED) is 0.810. The molecule has 1 saturated heterocycles. The zero-order valence-electron chi connectivity index (χ0n) is 14.7. The molecule has 1 aliphatic rings. The van der Waals surface area contributed by atoms with E-state index in [0.717, 1.165) is 31.7 Å². The molecule has 0 aromatic heterocycles. The largest absolute Gasteiger partial charge is 0.478 e. The molecule has 4 nitrogen and oxygen atoms in total. The van der Waals surface area contributed by atoms with Crippen molar-refractivity contribution in [2.45, 2.75) is 32.4 Å².